The van der Waals surface area contributed by atoms with E-state index < -0.39 is 21.2 Å². The molecule has 0 aromatic heterocycles. The molecule has 0 saturated heterocycles. The summed E-state index contributed by atoms with van der Waals surface area (Å²) in [4.78, 5) is 0. The summed E-state index contributed by atoms with van der Waals surface area (Å²) in [7, 11) is -0.363. The van der Waals surface area contributed by atoms with Gasteiger partial charge in [-0.1, -0.05) is 30.3 Å². The third-order valence-electron chi connectivity index (χ3n) is 2.47. The van der Waals surface area contributed by atoms with Gasteiger partial charge in [-0.15, -0.1) is 0 Å². The summed E-state index contributed by atoms with van der Waals surface area (Å²) in [6, 6.07) is 8.94. The van der Waals surface area contributed by atoms with Crippen LogP contribution in [0.3, 0.4) is 0 Å². The molecule has 0 heterocycles. The highest BCUT2D eigenvalue weighted by atomic mass is 35.7. The summed E-state index contributed by atoms with van der Waals surface area (Å²) in [6.07, 6.45) is 0. The minimum Gasteiger partial charge on any atom is -0.211 e. The van der Waals surface area contributed by atoms with Crippen molar-refractivity contribution in [2.75, 3.05) is 0 Å². The molecule has 1 aromatic carbocycles. The second kappa shape index (κ2) is 5.27. The molecule has 0 amide bonds. The maximum absolute atomic E-state index is 11.7. The van der Waals surface area contributed by atoms with Crippen molar-refractivity contribution in [2.45, 2.75) is 17.7 Å². The maximum atomic E-state index is 11.7. The Hall–Kier alpha value is 0.257. The van der Waals surface area contributed by atoms with Crippen molar-refractivity contribution < 1.29 is 8.42 Å². The molecule has 0 fully saturated rings. The zero-order valence-corrected chi connectivity index (χ0v) is 12.8. The van der Waals surface area contributed by atoms with Crippen LogP contribution in [0, 0.1) is 0 Å². The molecule has 1 atom stereocenters. The van der Waals surface area contributed by atoms with Crippen LogP contribution < -0.4 is 0 Å². The average Bonchev–Trinajstić information content (AvgIpc) is 2.16. The van der Waals surface area contributed by atoms with Crippen molar-refractivity contribution in [1.29, 1.82) is 0 Å². The second-order valence-electron chi connectivity index (χ2n) is 3.63. The van der Waals surface area contributed by atoms with E-state index in [-0.39, 0.29) is 6.04 Å². The van der Waals surface area contributed by atoms with E-state index in [0.29, 0.717) is 5.56 Å². The standard InChI is InChI=1S/C9H11Cl3O2SSi/c1-9(7-16(11)12,15(10,13)14)8-5-3-2-4-6-8/h2-6,16H,7H2,1H3. The lowest BCUT2D eigenvalue weighted by atomic mass is 10.0. The molecule has 1 unspecified atom stereocenters. The number of rotatable bonds is 4. The minimum absolute atomic E-state index is 0.186. The van der Waals surface area contributed by atoms with E-state index in [4.69, 9.17) is 32.8 Å². The van der Waals surface area contributed by atoms with Crippen LogP contribution in [0.1, 0.15) is 12.5 Å². The van der Waals surface area contributed by atoms with E-state index in [9.17, 15) is 8.42 Å². The summed E-state index contributed by atoms with van der Waals surface area (Å²) in [6.45, 7) is 1.55. The molecule has 7 heteroatoms. The van der Waals surface area contributed by atoms with Gasteiger partial charge in [0.25, 0.3) is 0 Å². The van der Waals surface area contributed by atoms with E-state index >= 15 is 0 Å². The van der Waals surface area contributed by atoms with Gasteiger partial charge in [0.2, 0.25) is 16.5 Å². The van der Waals surface area contributed by atoms with E-state index in [1.165, 1.54) is 0 Å². The largest absolute Gasteiger partial charge is 0.242 e. The predicted octanol–water partition coefficient (Wildman–Crippen LogP) is 3.17. The molecular formula is C9H11Cl3O2SSi. The summed E-state index contributed by atoms with van der Waals surface area (Å²) < 4.78 is 22.1. The molecule has 0 N–H and O–H groups in total. The van der Waals surface area contributed by atoms with E-state index in [1.54, 1.807) is 37.3 Å². The van der Waals surface area contributed by atoms with Crippen LogP contribution in [0.2, 0.25) is 6.04 Å². The SMILES string of the molecule is CC(C[SiH](Cl)Cl)(c1ccccc1)S(=O)(=O)Cl. The summed E-state index contributed by atoms with van der Waals surface area (Å²) in [5.41, 5.74) is 0.615. The van der Waals surface area contributed by atoms with Gasteiger partial charge in [-0.3, -0.25) is 0 Å². The van der Waals surface area contributed by atoms with Gasteiger partial charge in [-0.25, -0.2) is 8.42 Å². The normalized spacial score (nSPS) is 16.1. The van der Waals surface area contributed by atoms with Crippen LogP contribution in [0.25, 0.3) is 0 Å². The quantitative estimate of drug-likeness (QED) is 0.485. The lowest BCUT2D eigenvalue weighted by molar-refractivity contribution is 0.570. The van der Waals surface area contributed by atoms with Crippen LogP contribution in [0.4, 0.5) is 0 Å². The van der Waals surface area contributed by atoms with Gasteiger partial charge in [-0.2, -0.15) is 22.2 Å². The Kier molecular flexibility index (Phi) is 4.72. The van der Waals surface area contributed by atoms with Crippen molar-refractivity contribution >= 4 is 49.3 Å². The zero-order valence-electron chi connectivity index (χ0n) is 8.53. The van der Waals surface area contributed by atoms with Crippen molar-refractivity contribution in [3.05, 3.63) is 35.9 Å². The first-order valence-corrected chi connectivity index (χ1v) is 11.2. The minimum atomic E-state index is -3.77. The zero-order chi connectivity index (χ0) is 12.4. The van der Waals surface area contributed by atoms with E-state index in [0.717, 1.165) is 0 Å². The van der Waals surface area contributed by atoms with Gasteiger partial charge in [-0.05, 0) is 18.5 Å². The molecule has 0 bridgehead atoms. The van der Waals surface area contributed by atoms with Crippen LogP contribution >= 0.6 is 32.8 Å². The van der Waals surface area contributed by atoms with Gasteiger partial charge in [0.05, 0.1) is 0 Å². The maximum Gasteiger partial charge on any atom is 0.242 e. The first-order valence-electron chi connectivity index (χ1n) is 4.55. The Bertz CT molecular complexity index is 449. The molecule has 0 aliphatic rings. The van der Waals surface area contributed by atoms with Crippen LogP contribution in [-0.4, -0.2) is 15.8 Å². The van der Waals surface area contributed by atoms with E-state index in [2.05, 4.69) is 0 Å². The fraction of sp³-hybridized carbons (Fsp3) is 0.333. The van der Waals surface area contributed by atoms with Crippen molar-refractivity contribution in [3.63, 3.8) is 0 Å². The monoisotopic (exact) mass is 316 g/mol. The van der Waals surface area contributed by atoms with Crippen molar-refractivity contribution in [1.82, 2.24) is 0 Å². The summed E-state index contributed by atoms with van der Waals surface area (Å²) >= 11 is 11.6. The Labute approximate surface area is 111 Å². The fourth-order valence-corrected chi connectivity index (χ4v) is 7.22. The number of benzene rings is 1. The Balaban J connectivity index is 3.27. The molecular weight excluding hydrogens is 307 g/mol. The Morgan fingerprint density at radius 1 is 1.25 bits per heavy atom. The molecule has 0 saturated carbocycles. The molecule has 2 nitrogen and oxygen atoms in total. The molecule has 0 spiro atoms. The average molecular weight is 318 g/mol. The van der Waals surface area contributed by atoms with Gasteiger partial charge >= 0.3 is 0 Å². The fourth-order valence-electron chi connectivity index (χ4n) is 1.44. The summed E-state index contributed by atoms with van der Waals surface area (Å²) in [5, 5.41) is 0. The van der Waals surface area contributed by atoms with Crippen LogP contribution in [0.5, 0.6) is 0 Å². The van der Waals surface area contributed by atoms with Gasteiger partial charge < -0.3 is 0 Å². The molecule has 1 rings (SSSR count). The summed E-state index contributed by atoms with van der Waals surface area (Å²) in [5.74, 6) is 0. The smallest absolute Gasteiger partial charge is 0.211 e. The third-order valence-corrected chi connectivity index (χ3v) is 7.31. The highest BCUT2D eigenvalue weighted by Crippen LogP contribution is 2.39. The van der Waals surface area contributed by atoms with Gasteiger partial charge in [0.15, 0.2) is 0 Å². The van der Waals surface area contributed by atoms with Crippen molar-refractivity contribution in [3.8, 4) is 0 Å². The lowest BCUT2D eigenvalue weighted by Gasteiger charge is -2.26. The van der Waals surface area contributed by atoms with Crippen LogP contribution in [0.15, 0.2) is 30.3 Å². The first kappa shape index (κ1) is 14.3. The third kappa shape index (κ3) is 3.14. The number of hydrogen-bond acceptors (Lipinski definition) is 2. The predicted molar refractivity (Wildman–Crippen MR) is 72.2 cm³/mol. The lowest BCUT2D eigenvalue weighted by Crippen LogP contribution is -2.31. The molecule has 1 aromatic rings. The van der Waals surface area contributed by atoms with Crippen LogP contribution in [-0.2, 0) is 13.8 Å². The second-order valence-corrected chi connectivity index (χ2v) is 11.6. The highest BCUT2D eigenvalue weighted by Gasteiger charge is 2.41. The molecule has 90 valence electrons. The topological polar surface area (TPSA) is 34.1 Å². The van der Waals surface area contributed by atoms with Crippen molar-refractivity contribution in [2.24, 2.45) is 0 Å². The Morgan fingerprint density at radius 2 is 1.75 bits per heavy atom. The number of halogens is 3. The van der Waals surface area contributed by atoms with Gasteiger partial charge in [0, 0.05) is 10.7 Å². The first-order chi connectivity index (χ1) is 7.27. The van der Waals surface area contributed by atoms with Gasteiger partial charge in [0.1, 0.15) is 4.75 Å². The molecule has 16 heavy (non-hydrogen) atoms. The van der Waals surface area contributed by atoms with E-state index in [1.807, 2.05) is 0 Å². The number of hydrogen-bond donors (Lipinski definition) is 0. The molecule has 0 aliphatic heterocycles. The highest BCUT2D eigenvalue weighted by molar-refractivity contribution is 8.14. The molecule has 0 radical (unpaired) electrons. The molecule has 0 aliphatic carbocycles. The Morgan fingerprint density at radius 3 is 2.12 bits per heavy atom.